The second-order valence-electron chi connectivity index (χ2n) is 5.83. The van der Waals surface area contributed by atoms with Crippen molar-refractivity contribution in [1.29, 1.82) is 0 Å². The minimum atomic E-state index is -1.28. The highest BCUT2D eigenvalue weighted by Crippen LogP contribution is 2.08. The Balaban J connectivity index is 1.98. The molecule has 0 spiro atoms. The summed E-state index contributed by atoms with van der Waals surface area (Å²) >= 11 is 0. The average molecular weight is 248 g/mol. The average Bonchev–Trinajstić information content (AvgIpc) is 2.33. The quantitative estimate of drug-likeness (QED) is 0.746. The Morgan fingerprint density at radius 2 is 1.59 bits per heavy atom. The van der Waals surface area contributed by atoms with Gasteiger partial charge in [-0.1, -0.05) is 48.6 Å². The summed E-state index contributed by atoms with van der Waals surface area (Å²) in [5.41, 5.74) is 0. The first-order valence-corrected chi connectivity index (χ1v) is 9.75. The second kappa shape index (κ2) is 5.34. The Kier molecular flexibility index (Phi) is 4.02. The van der Waals surface area contributed by atoms with Crippen molar-refractivity contribution < 1.29 is 0 Å². The van der Waals surface area contributed by atoms with Gasteiger partial charge in [0.1, 0.15) is 0 Å². The summed E-state index contributed by atoms with van der Waals surface area (Å²) in [5, 5.41) is 1.58. The fourth-order valence-electron chi connectivity index (χ4n) is 2.55. The molecule has 2 rings (SSSR count). The van der Waals surface area contributed by atoms with Crippen molar-refractivity contribution in [2.45, 2.75) is 13.1 Å². The second-order valence-corrected chi connectivity index (χ2v) is 10.5. The van der Waals surface area contributed by atoms with Gasteiger partial charge in [-0.3, -0.25) is 0 Å². The molecule has 0 atom stereocenters. The van der Waals surface area contributed by atoms with Crippen LogP contribution in [0.15, 0.2) is 30.3 Å². The number of piperazine rings is 1. The van der Waals surface area contributed by atoms with Gasteiger partial charge in [-0.25, -0.2) is 0 Å². The summed E-state index contributed by atoms with van der Waals surface area (Å²) < 4.78 is 0. The van der Waals surface area contributed by atoms with E-state index in [-0.39, 0.29) is 0 Å². The Bertz CT molecular complexity index is 342. The molecule has 0 unspecified atom stereocenters. The van der Waals surface area contributed by atoms with E-state index in [2.05, 4.69) is 60.3 Å². The molecule has 17 heavy (non-hydrogen) atoms. The number of benzene rings is 1. The van der Waals surface area contributed by atoms with Crippen LogP contribution in [0.5, 0.6) is 0 Å². The van der Waals surface area contributed by atoms with Gasteiger partial charge in [-0.15, -0.1) is 0 Å². The largest absolute Gasteiger partial charge is 0.304 e. The molecule has 0 aliphatic carbocycles. The third-order valence-corrected chi connectivity index (χ3v) is 6.90. The zero-order chi connectivity index (χ0) is 12.3. The molecular formula is C14H24N2Si. The van der Waals surface area contributed by atoms with E-state index >= 15 is 0 Å². The van der Waals surface area contributed by atoms with Crippen LogP contribution < -0.4 is 5.19 Å². The third-order valence-electron chi connectivity index (χ3n) is 3.77. The van der Waals surface area contributed by atoms with Gasteiger partial charge in [-0.2, -0.15) is 0 Å². The zero-order valence-corrected chi connectivity index (χ0v) is 12.3. The first-order valence-electron chi connectivity index (χ1n) is 6.54. The van der Waals surface area contributed by atoms with Crippen molar-refractivity contribution in [1.82, 2.24) is 9.80 Å². The van der Waals surface area contributed by atoms with E-state index in [1.807, 2.05) is 0 Å². The summed E-state index contributed by atoms with van der Waals surface area (Å²) in [5.74, 6) is 0. The van der Waals surface area contributed by atoms with E-state index in [0.717, 1.165) is 0 Å². The molecule has 1 fully saturated rings. The summed E-state index contributed by atoms with van der Waals surface area (Å²) in [6.45, 7) is 9.89. The van der Waals surface area contributed by atoms with Gasteiger partial charge in [0.05, 0.1) is 8.07 Å². The zero-order valence-electron chi connectivity index (χ0n) is 11.3. The molecule has 0 radical (unpaired) electrons. The molecule has 0 aromatic heterocycles. The van der Waals surface area contributed by atoms with E-state index in [0.29, 0.717) is 0 Å². The maximum Gasteiger partial charge on any atom is 0.0948 e. The van der Waals surface area contributed by atoms with Gasteiger partial charge in [-0.05, 0) is 13.2 Å². The van der Waals surface area contributed by atoms with E-state index in [9.17, 15) is 0 Å². The number of hydrogen-bond donors (Lipinski definition) is 0. The van der Waals surface area contributed by atoms with Crippen molar-refractivity contribution in [3.8, 4) is 0 Å². The summed E-state index contributed by atoms with van der Waals surface area (Å²) in [6.07, 6.45) is 1.30. The smallest absolute Gasteiger partial charge is 0.0948 e. The van der Waals surface area contributed by atoms with Gasteiger partial charge < -0.3 is 9.80 Å². The van der Waals surface area contributed by atoms with Crippen LogP contribution in [-0.2, 0) is 0 Å². The van der Waals surface area contributed by atoms with Gasteiger partial charge in [0, 0.05) is 26.2 Å². The highest BCUT2D eigenvalue weighted by molar-refractivity contribution is 6.89. The molecule has 0 N–H and O–H groups in total. The van der Waals surface area contributed by atoms with Crippen molar-refractivity contribution in [3.05, 3.63) is 30.3 Å². The lowest BCUT2D eigenvalue weighted by molar-refractivity contribution is 0.171. The van der Waals surface area contributed by atoms with E-state index in [1.165, 1.54) is 32.3 Å². The van der Waals surface area contributed by atoms with Crippen molar-refractivity contribution >= 4 is 13.3 Å². The van der Waals surface area contributed by atoms with Crippen LogP contribution in [0.2, 0.25) is 13.1 Å². The number of rotatable bonds is 3. The van der Waals surface area contributed by atoms with Gasteiger partial charge in [0.25, 0.3) is 0 Å². The van der Waals surface area contributed by atoms with Crippen LogP contribution in [0.25, 0.3) is 0 Å². The Morgan fingerprint density at radius 3 is 2.18 bits per heavy atom. The monoisotopic (exact) mass is 248 g/mol. The van der Waals surface area contributed by atoms with E-state index in [1.54, 1.807) is 5.19 Å². The predicted molar refractivity (Wildman–Crippen MR) is 77.5 cm³/mol. The summed E-state index contributed by atoms with van der Waals surface area (Å²) in [7, 11) is 0.938. The normalized spacial score (nSPS) is 19.5. The topological polar surface area (TPSA) is 6.48 Å². The molecule has 1 aromatic rings. The van der Waals surface area contributed by atoms with Crippen LogP contribution in [0.4, 0.5) is 0 Å². The standard InChI is InChI=1S/C14H24N2Si/c1-15-9-11-16(12-10-15)13-17(2,3)14-7-5-4-6-8-14/h4-8H,9-13H2,1-3H3. The Labute approximate surface area is 106 Å². The van der Waals surface area contributed by atoms with Gasteiger partial charge in [0.15, 0.2) is 0 Å². The number of likely N-dealkylation sites (N-methyl/N-ethyl adjacent to an activating group) is 1. The van der Waals surface area contributed by atoms with Crippen molar-refractivity contribution in [2.75, 3.05) is 39.4 Å². The van der Waals surface area contributed by atoms with Crippen LogP contribution >= 0.6 is 0 Å². The molecule has 1 saturated heterocycles. The third kappa shape index (κ3) is 3.41. The molecule has 94 valence electrons. The molecule has 0 saturated carbocycles. The molecule has 1 aliphatic heterocycles. The predicted octanol–water partition coefficient (Wildman–Crippen LogP) is 1.39. The van der Waals surface area contributed by atoms with Crippen LogP contribution in [-0.4, -0.2) is 57.3 Å². The van der Waals surface area contributed by atoms with Crippen molar-refractivity contribution in [2.24, 2.45) is 0 Å². The van der Waals surface area contributed by atoms with Crippen LogP contribution in [0.3, 0.4) is 0 Å². The van der Waals surface area contributed by atoms with Crippen molar-refractivity contribution in [3.63, 3.8) is 0 Å². The maximum absolute atomic E-state index is 2.65. The Morgan fingerprint density at radius 1 is 1.00 bits per heavy atom. The van der Waals surface area contributed by atoms with Crippen LogP contribution in [0, 0.1) is 0 Å². The highest BCUT2D eigenvalue weighted by Gasteiger charge is 2.27. The lowest BCUT2D eigenvalue weighted by atomic mass is 10.4. The van der Waals surface area contributed by atoms with Gasteiger partial charge in [0.2, 0.25) is 0 Å². The fourth-order valence-corrected chi connectivity index (χ4v) is 5.26. The van der Waals surface area contributed by atoms with E-state index < -0.39 is 8.07 Å². The highest BCUT2D eigenvalue weighted by atomic mass is 28.3. The molecule has 0 bridgehead atoms. The molecular weight excluding hydrogens is 224 g/mol. The lowest BCUT2D eigenvalue weighted by Crippen LogP contribution is -2.56. The fraction of sp³-hybridized carbons (Fsp3) is 0.571. The molecule has 0 amide bonds. The number of hydrogen-bond acceptors (Lipinski definition) is 2. The summed E-state index contributed by atoms with van der Waals surface area (Å²) in [6, 6.07) is 11.1. The minimum absolute atomic E-state index is 1.22. The summed E-state index contributed by atoms with van der Waals surface area (Å²) in [4.78, 5) is 5.08. The first-order chi connectivity index (χ1) is 8.08. The Hall–Kier alpha value is -0.643. The lowest BCUT2D eigenvalue weighted by Gasteiger charge is -2.37. The minimum Gasteiger partial charge on any atom is -0.304 e. The van der Waals surface area contributed by atoms with Gasteiger partial charge >= 0.3 is 0 Å². The maximum atomic E-state index is 2.65. The molecule has 3 heteroatoms. The number of nitrogens with zero attached hydrogens (tertiary/aromatic N) is 2. The van der Waals surface area contributed by atoms with E-state index in [4.69, 9.17) is 0 Å². The molecule has 2 nitrogen and oxygen atoms in total. The first kappa shape index (κ1) is 12.8. The molecule has 1 aromatic carbocycles. The SMILES string of the molecule is CN1CCN(C[Si](C)(C)c2ccccc2)CC1. The molecule has 1 aliphatic rings. The van der Waals surface area contributed by atoms with Crippen LogP contribution in [0.1, 0.15) is 0 Å². The molecule has 1 heterocycles.